The molecule has 0 fully saturated rings. The first-order valence-electron chi connectivity index (χ1n) is 8.03. The molecule has 2 aromatic carbocycles. The number of aromatic nitrogens is 3. The van der Waals surface area contributed by atoms with Crippen LogP contribution in [0.4, 0.5) is 5.69 Å². The normalized spacial score (nSPS) is 10.7. The minimum Gasteiger partial charge on any atom is -0.379 e. The van der Waals surface area contributed by atoms with Gasteiger partial charge in [0.25, 0.3) is 5.56 Å². The third-order valence-electron chi connectivity index (χ3n) is 3.97. The van der Waals surface area contributed by atoms with E-state index in [9.17, 15) is 4.79 Å². The van der Waals surface area contributed by atoms with Crippen molar-refractivity contribution in [3.8, 4) is 11.3 Å². The molecule has 2 aromatic heterocycles. The van der Waals surface area contributed by atoms with Crippen LogP contribution in [0, 0.1) is 0 Å². The van der Waals surface area contributed by atoms with E-state index in [1.54, 1.807) is 6.20 Å². The molecule has 0 aliphatic carbocycles. The summed E-state index contributed by atoms with van der Waals surface area (Å²) in [5.41, 5.74) is 4.24. The van der Waals surface area contributed by atoms with Gasteiger partial charge in [-0.15, -0.1) is 0 Å². The number of hydrogen-bond acceptors (Lipinski definition) is 4. The van der Waals surface area contributed by atoms with Crippen LogP contribution in [0.15, 0.2) is 77.7 Å². The number of pyridine rings is 1. The van der Waals surface area contributed by atoms with Gasteiger partial charge in [-0.25, -0.2) is 4.98 Å². The number of hydrogen-bond donors (Lipinski definition) is 2. The lowest BCUT2D eigenvalue weighted by Crippen LogP contribution is -2.13. The Bertz CT molecular complexity index is 1070. The van der Waals surface area contributed by atoms with Gasteiger partial charge in [0, 0.05) is 17.4 Å². The first kappa shape index (κ1) is 15.1. The minimum atomic E-state index is -0.203. The molecule has 2 N–H and O–H groups in total. The molecule has 25 heavy (non-hydrogen) atoms. The van der Waals surface area contributed by atoms with Crippen molar-refractivity contribution in [3.05, 3.63) is 89.0 Å². The zero-order valence-corrected chi connectivity index (χ0v) is 13.4. The number of benzene rings is 2. The second kappa shape index (κ2) is 6.57. The Morgan fingerprint density at radius 2 is 1.72 bits per heavy atom. The Hall–Kier alpha value is -3.47. The lowest BCUT2D eigenvalue weighted by atomic mass is 10.1. The molecule has 0 unspecified atom stereocenters. The largest absolute Gasteiger partial charge is 0.379 e. The molecule has 0 amide bonds. The molecule has 0 atom stereocenters. The molecule has 4 rings (SSSR count). The molecule has 0 bridgehead atoms. The second-order valence-corrected chi connectivity index (χ2v) is 5.65. The summed E-state index contributed by atoms with van der Waals surface area (Å²) in [5.74, 6) is 0. The number of nitrogens with one attached hydrogen (secondary N) is 2. The van der Waals surface area contributed by atoms with Crippen molar-refractivity contribution >= 4 is 16.7 Å². The second-order valence-electron chi connectivity index (χ2n) is 5.65. The fourth-order valence-corrected chi connectivity index (χ4v) is 2.74. The summed E-state index contributed by atoms with van der Waals surface area (Å²) in [6, 6.07) is 21.0. The van der Waals surface area contributed by atoms with Crippen molar-refractivity contribution in [2.24, 2.45) is 0 Å². The Labute approximate surface area is 144 Å². The van der Waals surface area contributed by atoms with E-state index < -0.39 is 0 Å². The number of anilines is 1. The van der Waals surface area contributed by atoms with Crippen LogP contribution in [0.3, 0.4) is 0 Å². The van der Waals surface area contributed by atoms with Crippen LogP contribution in [0.5, 0.6) is 0 Å². The van der Waals surface area contributed by atoms with E-state index in [0.717, 1.165) is 28.0 Å². The fourth-order valence-electron chi connectivity index (χ4n) is 2.74. The summed E-state index contributed by atoms with van der Waals surface area (Å²) in [4.78, 5) is 24.3. The number of fused-ring (bicyclic) bond motifs is 1. The van der Waals surface area contributed by atoms with Gasteiger partial charge < -0.3 is 10.3 Å². The Kier molecular flexibility index (Phi) is 3.96. The molecule has 122 valence electrons. The van der Waals surface area contributed by atoms with Gasteiger partial charge in [0.2, 0.25) is 0 Å². The van der Waals surface area contributed by atoms with Gasteiger partial charge in [-0.2, -0.15) is 0 Å². The van der Waals surface area contributed by atoms with E-state index in [4.69, 9.17) is 0 Å². The topological polar surface area (TPSA) is 70.7 Å². The van der Waals surface area contributed by atoms with Crippen LogP contribution in [0.1, 0.15) is 5.69 Å². The van der Waals surface area contributed by atoms with Crippen LogP contribution in [-0.2, 0) is 6.54 Å². The third-order valence-corrected chi connectivity index (χ3v) is 3.97. The summed E-state index contributed by atoms with van der Waals surface area (Å²) in [6.45, 7) is 0.573. The summed E-state index contributed by atoms with van der Waals surface area (Å²) >= 11 is 0. The Morgan fingerprint density at radius 1 is 0.920 bits per heavy atom. The van der Waals surface area contributed by atoms with Crippen LogP contribution in [0.25, 0.3) is 22.3 Å². The van der Waals surface area contributed by atoms with E-state index in [2.05, 4.69) is 20.3 Å². The summed E-state index contributed by atoms with van der Waals surface area (Å²) in [6.07, 6.45) is 1.76. The van der Waals surface area contributed by atoms with E-state index in [1.807, 2.05) is 66.7 Å². The molecule has 0 radical (unpaired) electrons. The highest BCUT2D eigenvalue weighted by Gasteiger charge is 2.11. The number of para-hydroxylation sites is 3. The maximum absolute atomic E-state index is 12.5. The van der Waals surface area contributed by atoms with Gasteiger partial charge in [-0.1, -0.05) is 36.4 Å². The quantitative estimate of drug-likeness (QED) is 0.600. The zero-order valence-electron chi connectivity index (χ0n) is 13.4. The zero-order chi connectivity index (χ0) is 17.1. The molecule has 0 spiro atoms. The standard InChI is InChI=1S/C20H16N4O/c25-20-19(23-17-10-3-4-11-18(17)24-20)15-8-1-2-9-16(15)22-13-14-7-5-6-12-21-14/h1-12,22H,13H2,(H,24,25). The molecule has 5 heteroatoms. The molecule has 2 heterocycles. The van der Waals surface area contributed by atoms with Crippen LogP contribution in [0.2, 0.25) is 0 Å². The van der Waals surface area contributed by atoms with Crippen molar-refractivity contribution in [1.82, 2.24) is 15.0 Å². The van der Waals surface area contributed by atoms with Gasteiger partial charge in [0.05, 0.1) is 23.3 Å². The molecule has 5 nitrogen and oxygen atoms in total. The summed E-state index contributed by atoms with van der Waals surface area (Å²) in [7, 11) is 0. The third kappa shape index (κ3) is 3.12. The molecule has 0 saturated carbocycles. The van der Waals surface area contributed by atoms with E-state index in [1.165, 1.54) is 0 Å². The van der Waals surface area contributed by atoms with Gasteiger partial charge in [0.1, 0.15) is 5.69 Å². The van der Waals surface area contributed by atoms with Crippen LogP contribution >= 0.6 is 0 Å². The van der Waals surface area contributed by atoms with E-state index >= 15 is 0 Å². The van der Waals surface area contributed by atoms with Gasteiger partial charge in [-0.05, 0) is 30.3 Å². The summed E-state index contributed by atoms with van der Waals surface area (Å²) < 4.78 is 0. The highest BCUT2D eigenvalue weighted by molar-refractivity contribution is 5.80. The van der Waals surface area contributed by atoms with Crippen LogP contribution < -0.4 is 10.9 Å². The average molecular weight is 328 g/mol. The minimum absolute atomic E-state index is 0.203. The predicted molar refractivity (Wildman–Crippen MR) is 99.4 cm³/mol. The van der Waals surface area contributed by atoms with Crippen molar-refractivity contribution in [3.63, 3.8) is 0 Å². The molecule has 0 aliphatic heterocycles. The fraction of sp³-hybridized carbons (Fsp3) is 0.0500. The van der Waals surface area contributed by atoms with Gasteiger partial charge in [-0.3, -0.25) is 9.78 Å². The van der Waals surface area contributed by atoms with E-state index in [-0.39, 0.29) is 5.56 Å². The van der Waals surface area contributed by atoms with Gasteiger partial charge >= 0.3 is 0 Å². The first-order valence-corrected chi connectivity index (χ1v) is 8.03. The van der Waals surface area contributed by atoms with Gasteiger partial charge in [0.15, 0.2) is 0 Å². The number of aromatic amines is 1. The predicted octanol–water partition coefficient (Wildman–Crippen LogP) is 3.60. The van der Waals surface area contributed by atoms with Crippen molar-refractivity contribution in [1.29, 1.82) is 0 Å². The maximum atomic E-state index is 12.5. The highest BCUT2D eigenvalue weighted by atomic mass is 16.1. The smallest absolute Gasteiger partial charge is 0.275 e. The maximum Gasteiger partial charge on any atom is 0.275 e. The lowest BCUT2D eigenvalue weighted by Gasteiger charge is -2.11. The molecular weight excluding hydrogens is 312 g/mol. The summed E-state index contributed by atoms with van der Waals surface area (Å²) in [5, 5.41) is 3.35. The molecular formula is C20H16N4O. The lowest BCUT2D eigenvalue weighted by molar-refractivity contribution is 1.05. The van der Waals surface area contributed by atoms with Crippen molar-refractivity contribution in [2.75, 3.05) is 5.32 Å². The van der Waals surface area contributed by atoms with Crippen molar-refractivity contribution in [2.45, 2.75) is 6.54 Å². The molecule has 4 aromatic rings. The number of nitrogens with zero attached hydrogens (tertiary/aromatic N) is 2. The van der Waals surface area contributed by atoms with Crippen LogP contribution in [-0.4, -0.2) is 15.0 Å². The number of rotatable bonds is 4. The molecule has 0 aliphatic rings. The van der Waals surface area contributed by atoms with Crippen molar-refractivity contribution < 1.29 is 0 Å². The average Bonchev–Trinajstić information content (AvgIpc) is 2.67. The Morgan fingerprint density at radius 3 is 2.60 bits per heavy atom. The Balaban J connectivity index is 1.74. The monoisotopic (exact) mass is 328 g/mol. The molecule has 0 saturated heterocycles. The number of H-pyrrole nitrogens is 1. The SMILES string of the molecule is O=c1[nH]c2ccccc2nc1-c1ccccc1NCc1ccccn1. The van der Waals surface area contributed by atoms with E-state index in [0.29, 0.717) is 12.2 Å². The first-order chi connectivity index (χ1) is 12.3. The highest BCUT2D eigenvalue weighted by Crippen LogP contribution is 2.25.